The number of nitrogens with one attached hydrogen (secondary N) is 1. The molecule has 4 heteroatoms. The number of aromatic nitrogens is 1. The molecule has 1 atom stereocenters. The van der Waals surface area contributed by atoms with Gasteiger partial charge in [-0.2, -0.15) is 5.26 Å². The molecule has 0 amide bonds. The molecule has 0 aliphatic heterocycles. The molecule has 0 spiro atoms. The largest absolute Gasteiger partial charge is 0.496 e. The second kappa shape index (κ2) is 7.46. The zero-order valence-corrected chi connectivity index (χ0v) is 13.2. The van der Waals surface area contributed by atoms with Crippen LogP contribution in [-0.4, -0.2) is 18.1 Å². The number of rotatable bonds is 6. The highest BCUT2D eigenvalue weighted by molar-refractivity contribution is 5.41. The number of benzene rings is 1. The van der Waals surface area contributed by atoms with E-state index in [-0.39, 0.29) is 6.04 Å². The first-order valence-electron chi connectivity index (χ1n) is 7.38. The van der Waals surface area contributed by atoms with Gasteiger partial charge in [-0.25, -0.2) is 4.98 Å². The van der Waals surface area contributed by atoms with Gasteiger partial charge in [0.2, 0.25) is 0 Å². The van der Waals surface area contributed by atoms with Crippen LogP contribution in [0, 0.1) is 17.2 Å². The van der Waals surface area contributed by atoms with Crippen molar-refractivity contribution in [1.29, 1.82) is 5.26 Å². The molecule has 0 fully saturated rings. The summed E-state index contributed by atoms with van der Waals surface area (Å²) in [5.41, 5.74) is 1.74. The third-order valence-corrected chi connectivity index (χ3v) is 3.66. The lowest BCUT2D eigenvalue weighted by Crippen LogP contribution is -2.28. The van der Waals surface area contributed by atoms with Gasteiger partial charge in [0.15, 0.2) is 0 Å². The Morgan fingerprint density at radius 2 is 2.00 bits per heavy atom. The van der Waals surface area contributed by atoms with E-state index < -0.39 is 0 Å². The predicted octanol–water partition coefficient (Wildman–Crippen LogP) is 3.64. The predicted molar refractivity (Wildman–Crippen MR) is 87.9 cm³/mol. The van der Waals surface area contributed by atoms with Gasteiger partial charge in [-0.3, -0.25) is 0 Å². The van der Waals surface area contributed by atoms with Crippen molar-refractivity contribution < 1.29 is 4.74 Å². The first-order chi connectivity index (χ1) is 10.6. The lowest BCUT2D eigenvalue weighted by molar-refractivity contribution is 0.405. The summed E-state index contributed by atoms with van der Waals surface area (Å²) >= 11 is 0. The molecule has 0 aliphatic carbocycles. The van der Waals surface area contributed by atoms with E-state index in [4.69, 9.17) is 10.00 Å². The third-order valence-electron chi connectivity index (χ3n) is 3.66. The van der Waals surface area contributed by atoms with E-state index in [0.717, 1.165) is 18.0 Å². The second-order valence-corrected chi connectivity index (χ2v) is 5.55. The number of nitriles is 1. The van der Waals surface area contributed by atoms with Crippen molar-refractivity contribution in [3.05, 3.63) is 53.7 Å². The number of ether oxygens (including phenoxy) is 1. The Labute approximate surface area is 131 Å². The van der Waals surface area contributed by atoms with Gasteiger partial charge in [-0.05, 0) is 36.1 Å². The van der Waals surface area contributed by atoms with Crippen LogP contribution < -0.4 is 10.1 Å². The molecule has 0 saturated carbocycles. The zero-order valence-electron chi connectivity index (χ0n) is 13.2. The third kappa shape index (κ3) is 3.98. The average molecular weight is 295 g/mol. The minimum Gasteiger partial charge on any atom is -0.496 e. The SMILES string of the molecule is COc1ccccc1CC(Nc1ccc(C#N)cn1)C(C)C. The summed E-state index contributed by atoms with van der Waals surface area (Å²) in [5.74, 6) is 2.12. The fourth-order valence-electron chi connectivity index (χ4n) is 2.30. The number of hydrogen-bond donors (Lipinski definition) is 1. The van der Waals surface area contributed by atoms with Gasteiger partial charge in [0, 0.05) is 12.2 Å². The zero-order chi connectivity index (χ0) is 15.9. The van der Waals surface area contributed by atoms with E-state index in [9.17, 15) is 0 Å². The molecule has 1 aromatic carbocycles. The van der Waals surface area contributed by atoms with Crippen LogP contribution in [0.1, 0.15) is 25.0 Å². The normalized spacial score (nSPS) is 11.8. The van der Waals surface area contributed by atoms with Crippen molar-refractivity contribution in [3.63, 3.8) is 0 Å². The standard InChI is InChI=1S/C18H21N3O/c1-13(2)16(10-15-6-4-5-7-17(15)22-3)21-18-9-8-14(11-19)12-20-18/h4-9,12-13,16H,10H2,1-3H3,(H,20,21). The van der Waals surface area contributed by atoms with Gasteiger partial charge in [-0.1, -0.05) is 32.0 Å². The molecule has 2 aromatic rings. The Bertz CT molecular complexity index is 644. The van der Waals surface area contributed by atoms with E-state index in [0.29, 0.717) is 11.5 Å². The molecule has 0 aliphatic rings. The van der Waals surface area contributed by atoms with Crippen molar-refractivity contribution in [2.24, 2.45) is 5.92 Å². The van der Waals surface area contributed by atoms with Gasteiger partial charge >= 0.3 is 0 Å². The minimum atomic E-state index is 0.233. The highest BCUT2D eigenvalue weighted by Crippen LogP contribution is 2.22. The summed E-state index contributed by atoms with van der Waals surface area (Å²) in [6.07, 6.45) is 2.44. The quantitative estimate of drug-likeness (QED) is 0.884. The van der Waals surface area contributed by atoms with Crippen LogP contribution in [0.4, 0.5) is 5.82 Å². The highest BCUT2D eigenvalue weighted by atomic mass is 16.5. The Morgan fingerprint density at radius 1 is 1.23 bits per heavy atom. The van der Waals surface area contributed by atoms with Crippen molar-refractivity contribution >= 4 is 5.82 Å². The summed E-state index contributed by atoms with van der Waals surface area (Å²) in [4.78, 5) is 4.29. The summed E-state index contributed by atoms with van der Waals surface area (Å²) in [6.45, 7) is 4.35. The van der Waals surface area contributed by atoms with E-state index in [2.05, 4.69) is 36.3 Å². The van der Waals surface area contributed by atoms with Gasteiger partial charge < -0.3 is 10.1 Å². The summed E-state index contributed by atoms with van der Waals surface area (Å²) in [5, 5.41) is 12.3. The maximum absolute atomic E-state index is 8.83. The van der Waals surface area contributed by atoms with Crippen molar-refractivity contribution in [1.82, 2.24) is 4.98 Å². The van der Waals surface area contributed by atoms with Gasteiger partial charge in [0.1, 0.15) is 17.6 Å². The van der Waals surface area contributed by atoms with Crippen molar-refractivity contribution in [3.8, 4) is 11.8 Å². The number of methoxy groups -OCH3 is 1. The molecule has 22 heavy (non-hydrogen) atoms. The summed E-state index contributed by atoms with van der Waals surface area (Å²) in [7, 11) is 1.69. The molecule has 0 saturated heterocycles. The number of anilines is 1. The number of hydrogen-bond acceptors (Lipinski definition) is 4. The molecular weight excluding hydrogens is 274 g/mol. The maximum Gasteiger partial charge on any atom is 0.126 e. The van der Waals surface area contributed by atoms with Crippen LogP contribution in [0.2, 0.25) is 0 Å². The molecule has 1 heterocycles. The van der Waals surface area contributed by atoms with Crippen LogP contribution in [0.25, 0.3) is 0 Å². The molecule has 4 nitrogen and oxygen atoms in total. The van der Waals surface area contributed by atoms with Crippen LogP contribution >= 0.6 is 0 Å². The second-order valence-electron chi connectivity index (χ2n) is 5.55. The number of pyridine rings is 1. The first kappa shape index (κ1) is 15.8. The average Bonchev–Trinajstić information content (AvgIpc) is 2.55. The van der Waals surface area contributed by atoms with Gasteiger partial charge in [-0.15, -0.1) is 0 Å². The smallest absolute Gasteiger partial charge is 0.126 e. The molecule has 2 rings (SSSR count). The van der Waals surface area contributed by atoms with E-state index in [1.807, 2.05) is 24.3 Å². The highest BCUT2D eigenvalue weighted by Gasteiger charge is 2.16. The molecule has 1 N–H and O–H groups in total. The fourth-order valence-corrected chi connectivity index (χ4v) is 2.30. The number of para-hydroxylation sites is 1. The lowest BCUT2D eigenvalue weighted by atomic mass is 9.96. The van der Waals surface area contributed by atoms with E-state index in [1.54, 1.807) is 19.4 Å². The molecule has 1 aromatic heterocycles. The van der Waals surface area contributed by atoms with Crippen LogP contribution in [0.3, 0.4) is 0 Å². The van der Waals surface area contributed by atoms with E-state index in [1.165, 1.54) is 5.56 Å². The Morgan fingerprint density at radius 3 is 2.59 bits per heavy atom. The molecular formula is C18H21N3O. The maximum atomic E-state index is 8.83. The Balaban J connectivity index is 2.14. The lowest BCUT2D eigenvalue weighted by Gasteiger charge is -2.24. The van der Waals surface area contributed by atoms with Crippen LogP contribution in [0.15, 0.2) is 42.6 Å². The molecule has 114 valence electrons. The molecule has 1 unspecified atom stereocenters. The van der Waals surface area contributed by atoms with Crippen molar-refractivity contribution in [2.75, 3.05) is 12.4 Å². The Hall–Kier alpha value is -2.54. The topological polar surface area (TPSA) is 57.9 Å². The fraction of sp³-hybridized carbons (Fsp3) is 0.333. The Kier molecular flexibility index (Phi) is 5.37. The molecule has 0 radical (unpaired) electrons. The monoisotopic (exact) mass is 295 g/mol. The van der Waals surface area contributed by atoms with Crippen molar-refractivity contribution in [2.45, 2.75) is 26.3 Å². The van der Waals surface area contributed by atoms with Crippen LogP contribution in [-0.2, 0) is 6.42 Å². The molecule has 0 bridgehead atoms. The van der Waals surface area contributed by atoms with Gasteiger partial charge in [0.05, 0.1) is 12.7 Å². The van der Waals surface area contributed by atoms with Gasteiger partial charge in [0.25, 0.3) is 0 Å². The first-order valence-corrected chi connectivity index (χ1v) is 7.38. The minimum absolute atomic E-state index is 0.233. The summed E-state index contributed by atoms with van der Waals surface area (Å²) in [6, 6.07) is 14.0. The van der Waals surface area contributed by atoms with Crippen LogP contribution in [0.5, 0.6) is 5.75 Å². The number of nitrogens with zero attached hydrogens (tertiary/aromatic N) is 2. The van der Waals surface area contributed by atoms with E-state index >= 15 is 0 Å². The summed E-state index contributed by atoms with van der Waals surface area (Å²) < 4.78 is 5.43.